The lowest BCUT2D eigenvalue weighted by Crippen LogP contribution is -2.62. The summed E-state index contributed by atoms with van der Waals surface area (Å²) in [4.78, 5) is 24.1. The Morgan fingerprint density at radius 3 is 2.37 bits per heavy atom. The van der Waals surface area contributed by atoms with Gasteiger partial charge in [0.15, 0.2) is 12.4 Å². The minimum Gasteiger partial charge on any atom is -0.456 e. The predicted octanol–water partition coefficient (Wildman–Crippen LogP) is 4.45. The molecule has 188 valence electrons. The minimum absolute atomic E-state index is 0.0193. The van der Waals surface area contributed by atoms with Crippen LogP contribution in [0.15, 0.2) is 60.7 Å². The van der Waals surface area contributed by atoms with Crippen molar-refractivity contribution >= 4 is 23.5 Å². The van der Waals surface area contributed by atoms with Crippen LogP contribution in [0.4, 0.5) is 0 Å². The third kappa shape index (κ3) is 6.92. The Bertz CT molecular complexity index is 955. The van der Waals surface area contributed by atoms with E-state index in [1.807, 2.05) is 67.6 Å². The first-order valence-electron chi connectivity index (χ1n) is 12.0. The molecule has 0 bridgehead atoms. The third-order valence-corrected chi connectivity index (χ3v) is 6.96. The van der Waals surface area contributed by atoms with Crippen molar-refractivity contribution in [2.75, 3.05) is 12.4 Å². The lowest BCUT2D eigenvalue weighted by Gasteiger charge is -2.48. The maximum atomic E-state index is 12.7. The molecular weight excluding hydrogens is 468 g/mol. The summed E-state index contributed by atoms with van der Waals surface area (Å²) in [5.41, 5.74) is 1.46. The Labute approximate surface area is 210 Å². The summed E-state index contributed by atoms with van der Waals surface area (Å²) in [6.07, 6.45) is -2.56. The van der Waals surface area contributed by atoms with Crippen molar-refractivity contribution in [1.29, 1.82) is 0 Å². The molecule has 2 heterocycles. The van der Waals surface area contributed by atoms with Gasteiger partial charge in [-0.2, -0.15) is 0 Å². The van der Waals surface area contributed by atoms with Crippen molar-refractivity contribution in [3.8, 4) is 0 Å². The number of esters is 1. The summed E-state index contributed by atoms with van der Waals surface area (Å²) >= 11 is 1.55. The molecule has 0 saturated carbocycles. The molecule has 2 aliphatic heterocycles. The van der Waals surface area contributed by atoms with E-state index in [0.29, 0.717) is 13.2 Å². The normalized spacial score (nSPS) is 28.2. The largest absolute Gasteiger partial charge is 0.456 e. The summed E-state index contributed by atoms with van der Waals surface area (Å²) in [6, 6.07) is 19.5. The fourth-order valence-electron chi connectivity index (χ4n) is 4.20. The number of hydrogen-bond acceptors (Lipinski definition) is 8. The molecule has 4 rings (SSSR count). The zero-order chi connectivity index (χ0) is 24.6. The number of fused-ring (bicyclic) bond motifs is 1. The Morgan fingerprint density at radius 2 is 1.69 bits per heavy atom. The summed E-state index contributed by atoms with van der Waals surface area (Å²) < 4.78 is 31.0. The van der Waals surface area contributed by atoms with Gasteiger partial charge in [-0.3, -0.25) is 4.79 Å². The van der Waals surface area contributed by atoms with E-state index >= 15 is 0 Å². The van der Waals surface area contributed by atoms with Crippen LogP contribution in [0.1, 0.15) is 44.1 Å². The number of ketones is 1. The third-order valence-electron chi connectivity index (χ3n) is 5.92. The highest BCUT2D eigenvalue weighted by Crippen LogP contribution is 2.39. The number of thioether (sulfide) groups is 1. The summed E-state index contributed by atoms with van der Waals surface area (Å²) in [5, 5.41) is 0. The minimum atomic E-state index is -0.695. The number of benzene rings is 2. The molecule has 0 aliphatic carbocycles. The summed E-state index contributed by atoms with van der Waals surface area (Å²) in [6.45, 7) is 4.15. The van der Waals surface area contributed by atoms with Gasteiger partial charge >= 0.3 is 5.97 Å². The molecule has 0 unspecified atom stereocenters. The topological polar surface area (TPSA) is 80.3 Å². The van der Waals surface area contributed by atoms with E-state index < -0.39 is 36.0 Å². The fourth-order valence-corrected chi connectivity index (χ4v) is 5.15. The van der Waals surface area contributed by atoms with Gasteiger partial charge in [-0.05, 0) is 18.2 Å². The molecule has 6 atom stereocenters. The highest BCUT2D eigenvalue weighted by Gasteiger charge is 2.52. The van der Waals surface area contributed by atoms with E-state index in [4.69, 9.17) is 23.7 Å². The first-order valence-corrected chi connectivity index (χ1v) is 13.0. The quantitative estimate of drug-likeness (QED) is 0.443. The van der Waals surface area contributed by atoms with Gasteiger partial charge in [0.25, 0.3) is 0 Å². The molecule has 8 heteroatoms. The number of rotatable bonds is 10. The second kappa shape index (κ2) is 12.6. The monoisotopic (exact) mass is 500 g/mol. The summed E-state index contributed by atoms with van der Waals surface area (Å²) in [5.74, 6) is 0.259. The average molecular weight is 501 g/mol. The molecule has 2 aliphatic rings. The van der Waals surface area contributed by atoms with Crippen LogP contribution in [0.3, 0.4) is 0 Å². The number of Topliss-reactive ketones (excluding diaryl/α,β-unsaturated/α-hetero) is 1. The van der Waals surface area contributed by atoms with Gasteiger partial charge < -0.3 is 28.5 Å². The first-order chi connectivity index (χ1) is 17.0. The zero-order valence-corrected chi connectivity index (χ0v) is 20.9. The van der Waals surface area contributed by atoms with E-state index in [9.17, 15) is 9.59 Å². The van der Waals surface area contributed by atoms with Crippen LogP contribution in [0, 0.1) is 0 Å². The fraction of sp³-hybridized carbons (Fsp3) is 0.481. The lowest BCUT2D eigenvalue weighted by molar-refractivity contribution is -0.326. The van der Waals surface area contributed by atoms with Crippen LogP contribution < -0.4 is 0 Å². The maximum Gasteiger partial charge on any atom is 0.306 e. The highest BCUT2D eigenvalue weighted by atomic mass is 32.2. The molecule has 2 fully saturated rings. The molecule has 0 aromatic heterocycles. The lowest BCUT2D eigenvalue weighted by atomic mass is 9.98. The molecule has 2 aromatic carbocycles. The first kappa shape index (κ1) is 25.9. The van der Waals surface area contributed by atoms with Gasteiger partial charge in [-0.15, -0.1) is 11.8 Å². The zero-order valence-electron chi connectivity index (χ0n) is 20.0. The predicted molar refractivity (Wildman–Crippen MR) is 132 cm³/mol. The standard InChI is InChI=1S/C27H32O7S/c1-3-35-27-25(33-22(29)15-14-18(2)28)24(30-16-19-10-6-4-7-11-19)23-21(32-27)17-31-26(34-23)20-12-8-5-9-13-20/h4-13,21,23-27H,3,14-17H2,1-2H3/t21-,23-,24+,25-,26-,27+/m1/s1. The average Bonchev–Trinajstić information content (AvgIpc) is 2.88. The molecule has 0 radical (unpaired) electrons. The molecule has 2 saturated heterocycles. The van der Waals surface area contributed by atoms with Crippen LogP contribution >= 0.6 is 11.8 Å². The second-order valence-corrected chi connectivity index (χ2v) is 9.97. The molecular formula is C27H32O7S. The molecule has 2 aromatic rings. The maximum absolute atomic E-state index is 12.7. The molecule has 0 amide bonds. The van der Waals surface area contributed by atoms with Crippen molar-refractivity contribution in [2.24, 2.45) is 0 Å². The SMILES string of the molecule is CCS[C@@H]1O[C@@H]2CO[C@@H](c3ccccc3)O[C@H]2[C@H](OCc2ccccc2)[C@H]1OC(=O)CCC(C)=O. The van der Waals surface area contributed by atoms with E-state index in [0.717, 1.165) is 16.9 Å². The van der Waals surface area contributed by atoms with E-state index in [1.165, 1.54) is 6.92 Å². The van der Waals surface area contributed by atoms with Gasteiger partial charge in [0.1, 0.15) is 29.5 Å². The van der Waals surface area contributed by atoms with Crippen LogP contribution in [-0.2, 0) is 39.9 Å². The Hall–Kier alpha value is -2.23. The van der Waals surface area contributed by atoms with Gasteiger partial charge in [0, 0.05) is 12.0 Å². The Kier molecular flexibility index (Phi) is 9.34. The Balaban J connectivity index is 1.58. The van der Waals surface area contributed by atoms with E-state index in [1.54, 1.807) is 11.8 Å². The molecule has 0 N–H and O–H groups in total. The summed E-state index contributed by atoms with van der Waals surface area (Å²) in [7, 11) is 0. The van der Waals surface area contributed by atoms with Crippen molar-refractivity contribution < 1.29 is 33.3 Å². The Morgan fingerprint density at radius 1 is 0.971 bits per heavy atom. The van der Waals surface area contributed by atoms with Gasteiger partial charge in [0.2, 0.25) is 0 Å². The van der Waals surface area contributed by atoms with Crippen molar-refractivity contribution in [2.45, 2.75) is 69.4 Å². The number of carbonyl (C=O) groups is 2. The van der Waals surface area contributed by atoms with Crippen molar-refractivity contribution in [3.63, 3.8) is 0 Å². The second-order valence-electron chi connectivity index (χ2n) is 8.59. The van der Waals surface area contributed by atoms with Crippen LogP contribution in [0.2, 0.25) is 0 Å². The van der Waals surface area contributed by atoms with Crippen molar-refractivity contribution in [1.82, 2.24) is 0 Å². The van der Waals surface area contributed by atoms with Gasteiger partial charge in [0.05, 0.1) is 19.6 Å². The van der Waals surface area contributed by atoms with Gasteiger partial charge in [-0.1, -0.05) is 67.6 Å². The van der Waals surface area contributed by atoms with E-state index in [-0.39, 0.29) is 24.7 Å². The molecule has 7 nitrogen and oxygen atoms in total. The number of ether oxygens (including phenoxy) is 5. The van der Waals surface area contributed by atoms with E-state index in [2.05, 4.69) is 0 Å². The number of carbonyl (C=O) groups excluding carboxylic acids is 2. The number of hydrogen-bond donors (Lipinski definition) is 0. The van der Waals surface area contributed by atoms with Crippen LogP contribution in [-0.4, -0.2) is 54.0 Å². The van der Waals surface area contributed by atoms with Crippen LogP contribution in [0.25, 0.3) is 0 Å². The van der Waals surface area contributed by atoms with Crippen molar-refractivity contribution in [3.05, 3.63) is 71.8 Å². The van der Waals surface area contributed by atoms with Crippen LogP contribution in [0.5, 0.6) is 0 Å². The van der Waals surface area contributed by atoms with Gasteiger partial charge in [-0.25, -0.2) is 0 Å². The molecule has 0 spiro atoms. The molecule has 35 heavy (non-hydrogen) atoms. The smallest absolute Gasteiger partial charge is 0.306 e. The highest BCUT2D eigenvalue weighted by molar-refractivity contribution is 7.99.